The molecule has 0 fully saturated rings. The highest BCUT2D eigenvalue weighted by atomic mass is 32.3. The molecule has 2 rings (SSSR count). The summed E-state index contributed by atoms with van der Waals surface area (Å²) >= 11 is 0. The summed E-state index contributed by atoms with van der Waals surface area (Å²) in [4.78, 5) is 0. The van der Waals surface area contributed by atoms with E-state index in [0.717, 1.165) is 0 Å². The van der Waals surface area contributed by atoms with Crippen LogP contribution in [-0.2, 0) is 16.8 Å². The van der Waals surface area contributed by atoms with Crippen molar-refractivity contribution in [3.63, 3.8) is 0 Å². The van der Waals surface area contributed by atoms with Gasteiger partial charge >= 0.3 is 10.4 Å². The van der Waals surface area contributed by atoms with Crippen LogP contribution >= 0.6 is 0 Å². The molecule has 4 nitrogen and oxygen atoms in total. The van der Waals surface area contributed by atoms with Crippen molar-refractivity contribution in [2.45, 2.75) is 90.4 Å². The van der Waals surface area contributed by atoms with E-state index in [1.165, 1.54) is 99.8 Å². The van der Waals surface area contributed by atoms with E-state index < -0.39 is 10.4 Å². The van der Waals surface area contributed by atoms with Gasteiger partial charge in [0.25, 0.3) is 0 Å². The first-order chi connectivity index (χ1) is 13.9. The van der Waals surface area contributed by atoms with Crippen molar-refractivity contribution in [2.75, 3.05) is 0 Å². The van der Waals surface area contributed by atoms with Crippen LogP contribution in [0.5, 0.6) is 0 Å². The molecule has 0 aliphatic rings. The predicted molar refractivity (Wildman–Crippen MR) is 123 cm³/mol. The summed E-state index contributed by atoms with van der Waals surface area (Å²) in [5.41, 5.74) is 1.53. The molecule has 0 atom stereocenters. The minimum Gasteiger partial charge on any atom is -0.264 e. The Morgan fingerprint density at radius 2 is 1.10 bits per heavy atom. The molecule has 0 unspecified atom stereocenters. The largest absolute Gasteiger partial charge is 0.394 e. The summed E-state index contributed by atoms with van der Waals surface area (Å²) in [5, 5.41) is 2.83. The van der Waals surface area contributed by atoms with Crippen LogP contribution in [0.4, 0.5) is 0 Å². The van der Waals surface area contributed by atoms with Gasteiger partial charge in [-0.2, -0.15) is 8.42 Å². The molecular weight excluding hydrogens is 384 g/mol. The van der Waals surface area contributed by atoms with Gasteiger partial charge in [0.05, 0.1) is 0 Å². The molecule has 2 aromatic rings. The van der Waals surface area contributed by atoms with E-state index in [0.29, 0.717) is 0 Å². The van der Waals surface area contributed by atoms with Crippen LogP contribution in [0.15, 0.2) is 42.5 Å². The number of hydrogen-bond donors (Lipinski definition) is 2. The number of unbranched alkanes of at least 4 members (excludes halogenated alkanes) is 11. The molecule has 0 aliphatic carbocycles. The summed E-state index contributed by atoms with van der Waals surface area (Å²) in [5.74, 6) is 0. The summed E-state index contributed by atoms with van der Waals surface area (Å²) < 4.78 is 31.6. The Balaban J connectivity index is 0.000000749. The minimum atomic E-state index is -4.67. The van der Waals surface area contributed by atoms with Gasteiger partial charge in [-0.05, 0) is 29.2 Å². The molecule has 2 N–H and O–H groups in total. The van der Waals surface area contributed by atoms with E-state index in [4.69, 9.17) is 17.5 Å². The molecule has 0 radical (unpaired) electrons. The maximum absolute atomic E-state index is 8.74. The topological polar surface area (TPSA) is 74.6 Å². The van der Waals surface area contributed by atoms with Crippen LogP contribution in [0, 0.1) is 0 Å². The Bertz CT molecular complexity index is 758. The lowest BCUT2D eigenvalue weighted by Gasteiger charge is -2.06. The first kappa shape index (κ1) is 25.6. The third-order valence-electron chi connectivity index (χ3n) is 5.18. The molecule has 0 aromatic heterocycles. The van der Waals surface area contributed by atoms with Gasteiger partial charge in [0.1, 0.15) is 0 Å². The standard InChI is InChI=1S/C24H36.H2O4S/c1-2-3-4-5-6-7-8-9-10-11-12-13-17-22-19-16-20-23-18-14-15-21-24(22)23;1-5(2,3)4/h14-16,18-21H,2-13,17H2,1H3;(H2,1,2,3,4). The van der Waals surface area contributed by atoms with Crippen LogP contribution in [0.1, 0.15) is 89.5 Å². The first-order valence-corrected chi connectivity index (χ1v) is 12.5. The highest BCUT2D eigenvalue weighted by molar-refractivity contribution is 7.79. The molecule has 0 amide bonds. The van der Waals surface area contributed by atoms with Gasteiger partial charge in [-0.3, -0.25) is 9.11 Å². The zero-order valence-electron chi connectivity index (χ0n) is 17.9. The van der Waals surface area contributed by atoms with E-state index in [1.807, 2.05) is 0 Å². The van der Waals surface area contributed by atoms with E-state index in [1.54, 1.807) is 0 Å². The lowest BCUT2D eigenvalue weighted by atomic mass is 9.99. The molecule has 0 saturated carbocycles. The molecule has 5 heteroatoms. The Labute approximate surface area is 177 Å². The zero-order chi connectivity index (χ0) is 21.4. The van der Waals surface area contributed by atoms with Gasteiger partial charge in [0.2, 0.25) is 0 Å². The third kappa shape index (κ3) is 14.2. The van der Waals surface area contributed by atoms with Crippen LogP contribution in [0.25, 0.3) is 10.8 Å². The summed E-state index contributed by atoms with van der Waals surface area (Å²) in [6, 6.07) is 15.5. The zero-order valence-corrected chi connectivity index (χ0v) is 18.7. The second-order valence-electron chi connectivity index (χ2n) is 7.73. The Morgan fingerprint density at radius 1 is 0.655 bits per heavy atom. The highest BCUT2D eigenvalue weighted by Crippen LogP contribution is 2.21. The predicted octanol–water partition coefficient (Wildman–Crippen LogP) is 7.43. The van der Waals surface area contributed by atoms with Gasteiger partial charge < -0.3 is 0 Å². The summed E-state index contributed by atoms with van der Waals surface area (Å²) in [6.45, 7) is 2.29. The fourth-order valence-corrected chi connectivity index (χ4v) is 3.67. The number of rotatable bonds is 13. The van der Waals surface area contributed by atoms with Crippen LogP contribution in [0.2, 0.25) is 0 Å². The quantitative estimate of drug-likeness (QED) is 0.260. The summed E-state index contributed by atoms with van der Waals surface area (Å²) in [6.07, 6.45) is 18.3. The second-order valence-corrected chi connectivity index (χ2v) is 8.62. The number of benzene rings is 2. The van der Waals surface area contributed by atoms with Crippen LogP contribution in [-0.4, -0.2) is 17.5 Å². The first-order valence-electron chi connectivity index (χ1n) is 11.1. The molecule has 2 aromatic carbocycles. The SMILES string of the molecule is CCCCCCCCCCCCCCc1cccc2ccccc12.O=S(=O)(O)O. The number of aryl methyl sites for hydroxylation is 1. The van der Waals surface area contributed by atoms with Crippen molar-refractivity contribution in [3.8, 4) is 0 Å². The van der Waals surface area contributed by atoms with Crippen molar-refractivity contribution in [1.82, 2.24) is 0 Å². The lowest BCUT2D eigenvalue weighted by molar-refractivity contribution is 0.381. The molecule has 164 valence electrons. The van der Waals surface area contributed by atoms with Crippen molar-refractivity contribution in [1.29, 1.82) is 0 Å². The lowest BCUT2D eigenvalue weighted by Crippen LogP contribution is -1.89. The maximum Gasteiger partial charge on any atom is 0.394 e. The van der Waals surface area contributed by atoms with Gasteiger partial charge in [0.15, 0.2) is 0 Å². The summed E-state index contributed by atoms with van der Waals surface area (Å²) in [7, 11) is -4.67. The second kappa shape index (κ2) is 15.4. The molecule has 29 heavy (non-hydrogen) atoms. The normalized spacial score (nSPS) is 11.3. The van der Waals surface area contributed by atoms with E-state index in [2.05, 4.69) is 49.4 Å². The van der Waals surface area contributed by atoms with Gasteiger partial charge in [-0.1, -0.05) is 120 Å². The molecule has 0 aliphatic heterocycles. The molecule has 0 bridgehead atoms. The average molecular weight is 423 g/mol. The average Bonchev–Trinajstić information content (AvgIpc) is 2.67. The molecule has 0 saturated heterocycles. The van der Waals surface area contributed by atoms with E-state index in [9.17, 15) is 0 Å². The number of hydrogen-bond acceptors (Lipinski definition) is 2. The Hall–Kier alpha value is -1.43. The van der Waals surface area contributed by atoms with Gasteiger partial charge in [-0.15, -0.1) is 0 Å². The third-order valence-corrected chi connectivity index (χ3v) is 5.18. The van der Waals surface area contributed by atoms with Crippen molar-refractivity contribution in [3.05, 3.63) is 48.0 Å². The monoisotopic (exact) mass is 422 g/mol. The maximum atomic E-state index is 8.74. The Morgan fingerprint density at radius 3 is 1.66 bits per heavy atom. The fourth-order valence-electron chi connectivity index (χ4n) is 3.67. The van der Waals surface area contributed by atoms with Gasteiger partial charge in [0, 0.05) is 0 Å². The molecule has 0 spiro atoms. The molecular formula is C24H38O4S. The van der Waals surface area contributed by atoms with Crippen LogP contribution in [0.3, 0.4) is 0 Å². The van der Waals surface area contributed by atoms with Crippen LogP contribution < -0.4 is 0 Å². The smallest absolute Gasteiger partial charge is 0.264 e. The van der Waals surface area contributed by atoms with Crippen molar-refractivity contribution < 1.29 is 17.5 Å². The number of fused-ring (bicyclic) bond motifs is 1. The fraction of sp³-hybridized carbons (Fsp3) is 0.583. The highest BCUT2D eigenvalue weighted by Gasteiger charge is 2.00. The van der Waals surface area contributed by atoms with Gasteiger partial charge in [-0.25, -0.2) is 0 Å². The molecule has 0 heterocycles. The van der Waals surface area contributed by atoms with E-state index in [-0.39, 0.29) is 0 Å². The van der Waals surface area contributed by atoms with Crippen molar-refractivity contribution >= 4 is 21.2 Å². The Kier molecular flexibility index (Phi) is 13.6. The van der Waals surface area contributed by atoms with E-state index >= 15 is 0 Å². The van der Waals surface area contributed by atoms with Crippen molar-refractivity contribution in [2.24, 2.45) is 0 Å². The minimum absolute atomic E-state index is 1.23.